The van der Waals surface area contributed by atoms with E-state index in [1.807, 2.05) is 18.2 Å². The van der Waals surface area contributed by atoms with Gasteiger partial charge in [-0.2, -0.15) is 5.10 Å². The Bertz CT molecular complexity index is 1120. The fourth-order valence-electron chi connectivity index (χ4n) is 2.49. The molecule has 0 aliphatic carbocycles. The fraction of sp³-hybridized carbons (Fsp3) is 0.0435. The second-order valence-electron chi connectivity index (χ2n) is 6.44. The van der Waals surface area contributed by atoms with Crippen LogP contribution in [0.1, 0.15) is 5.56 Å². The lowest BCUT2D eigenvalue weighted by Gasteiger charge is -2.07. The number of hydrazone groups is 1. The van der Waals surface area contributed by atoms with Crippen LogP contribution in [-0.4, -0.2) is 30.5 Å². The fourth-order valence-corrected chi connectivity index (χ4v) is 2.68. The van der Waals surface area contributed by atoms with Gasteiger partial charge in [-0.3, -0.25) is 14.4 Å². The highest BCUT2D eigenvalue weighted by Gasteiger charge is 2.12. The van der Waals surface area contributed by atoms with E-state index >= 15 is 0 Å². The second-order valence-corrected chi connectivity index (χ2v) is 6.87. The van der Waals surface area contributed by atoms with Crippen molar-refractivity contribution in [3.8, 4) is 5.75 Å². The van der Waals surface area contributed by atoms with Crippen LogP contribution >= 0.6 is 11.6 Å². The summed E-state index contributed by atoms with van der Waals surface area (Å²) in [6, 6.07) is 22.2. The van der Waals surface area contributed by atoms with Crippen molar-refractivity contribution in [3.05, 3.63) is 89.4 Å². The maximum Gasteiger partial charge on any atom is 0.329 e. The van der Waals surface area contributed by atoms with E-state index in [9.17, 15) is 14.4 Å². The van der Waals surface area contributed by atoms with Crippen LogP contribution in [0.3, 0.4) is 0 Å². The van der Waals surface area contributed by atoms with Crippen LogP contribution in [0.15, 0.2) is 84.0 Å². The number of anilines is 2. The molecule has 0 unspecified atom stereocenters. The zero-order valence-corrected chi connectivity index (χ0v) is 17.5. The van der Waals surface area contributed by atoms with Gasteiger partial charge in [-0.05, 0) is 60.2 Å². The first-order chi connectivity index (χ1) is 15.5. The van der Waals surface area contributed by atoms with Crippen molar-refractivity contribution >= 4 is 46.9 Å². The Hall–Kier alpha value is -4.17. The standard InChI is InChI=1S/C23H19ClN4O4/c24-17-5-4-8-19(13-17)27-22(30)23(31)28-25-14-16-9-11-20(12-10-16)32-15-21(29)26-18-6-2-1-3-7-18/h1-14H,15H2,(H,26,29)(H,27,30)(H,28,31)/b25-14-. The number of benzene rings is 3. The summed E-state index contributed by atoms with van der Waals surface area (Å²) in [7, 11) is 0. The maximum absolute atomic E-state index is 11.9. The van der Waals surface area contributed by atoms with Crippen molar-refractivity contribution in [1.82, 2.24) is 5.43 Å². The molecule has 3 amide bonds. The van der Waals surface area contributed by atoms with Gasteiger partial charge >= 0.3 is 11.8 Å². The van der Waals surface area contributed by atoms with E-state index < -0.39 is 11.8 Å². The predicted octanol–water partition coefficient (Wildman–Crippen LogP) is 3.45. The summed E-state index contributed by atoms with van der Waals surface area (Å²) in [5.74, 6) is -1.58. The van der Waals surface area contributed by atoms with Crippen LogP contribution in [0.4, 0.5) is 11.4 Å². The number of halogens is 1. The molecule has 0 aromatic heterocycles. The van der Waals surface area contributed by atoms with Crippen molar-refractivity contribution in [2.45, 2.75) is 0 Å². The van der Waals surface area contributed by atoms with Crippen LogP contribution in [0.5, 0.6) is 5.75 Å². The topological polar surface area (TPSA) is 109 Å². The van der Waals surface area contributed by atoms with E-state index in [2.05, 4.69) is 21.2 Å². The summed E-state index contributed by atoms with van der Waals surface area (Å²) in [4.78, 5) is 35.6. The number of carbonyl (C=O) groups excluding carboxylic acids is 3. The predicted molar refractivity (Wildman–Crippen MR) is 123 cm³/mol. The minimum absolute atomic E-state index is 0.139. The Labute approximate surface area is 189 Å². The SMILES string of the molecule is O=C(COc1ccc(/C=N\NC(=O)C(=O)Nc2cccc(Cl)c2)cc1)Nc1ccccc1. The molecule has 0 fully saturated rings. The van der Waals surface area contributed by atoms with Gasteiger partial charge in [0, 0.05) is 16.4 Å². The molecule has 0 saturated carbocycles. The van der Waals surface area contributed by atoms with Crippen molar-refractivity contribution in [2.75, 3.05) is 17.2 Å². The summed E-state index contributed by atoms with van der Waals surface area (Å²) in [6.45, 7) is -0.139. The highest BCUT2D eigenvalue weighted by atomic mass is 35.5. The van der Waals surface area contributed by atoms with Crippen LogP contribution in [0, 0.1) is 0 Å². The van der Waals surface area contributed by atoms with Crippen LogP contribution < -0.4 is 20.8 Å². The third kappa shape index (κ3) is 7.26. The van der Waals surface area contributed by atoms with E-state index in [-0.39, 0.29) is 12.5 Å². The Morgan fingerprint density at radius 3 is 2.28 bits per heavy atom. The minimum atomic E-state index is -0.925. The number of amides is 3. The molecule has 0 heterocycles. The van der Waals surface area contributed by atoms with Gasteiger partial charge in [0.2, 0.25) is 0 Å². The Balaban J connectivity index is 1.43. The minimum Gasteiger partial charge on any atom is -0.484 e. The van der Waals surface area contributed by atoms with E-state index in [0.29, 0.717) is 27.7 Å². The average molecular weight is 451 g/mol. The Morgan fingerprint density at radius 2 is 1.56 bits per heavy atom. The smallest absolute Gasteiger partial charge is 0.329 e. The zero-order valence-electron chi connectivity index (χ0n) is 16.7. The van der Waals surface area contributed by atoms with E-state index in [0.717, 1.165) is 0 Å². The number of hydrogen-bond donors (Lipinski definition) is 3. The molecule has 3 aromatic rings. The number of hydrogen-bond acceptors (Lipinski definition) is 5. The van der Waals surface area contributed by atoms with Crippen LogP contribution in [0.25, 0.3) is 0 Å². The van der Waals surface area contributed by atoms with Crippen LogP contribution in [-0.2, 0) is 14.4 Å². The number of nitrogens with zero attached hydrogens (tertiary/aromatic N) is 1. The third-order valence-corrected chi connectivity index (χ3v) is 4.21. The van der Waals surface area contributed by atoms with Crippen molar-refractivity contribution in [2.24, 2.45) is 5.10 Å². The zero-order chi connectivity index (χ0) is 22.8. The van der Waals surface area contributed by atoms with Crippen molar-refractivity contribution in [3.63, 3.8) is 0 Å². The highest BCUT2D eigenvalue weighted by molar-refractivity contribution is 6.39. The molecule has 0 aliphatic heterocycles. The molecule has 0 radical (unpaired) electrons. The van der Waals surface area contributed by atoms with E-state index in [1.165, 1.54) is 12.3 Å². The molecular weight excluding hydrogens is 432 g/mol. The number of rotatable bonds is 7. The summed E-state index contributed by atoms with van der Waals surface area (Å²) >= 11 is 5.83. The first kappa shape index (κ1) is 22.5. The average Bonchev–Trinajstić information content (AvgIpc) is 2.79. The van der Waals surface area contributed by atoms with Gasteiger partial charge in [-0.25, -0.2) is 5.43 Å². The first-order valence-corrected chi connectivity index (χ1v) is 9.85. The highest BCUT2D eigenvalue weighted by Crippen LogP contribution is 2.15. The molecule has 0 atom stereocenters. The van der Waals surface area contributed by atoms with Crippen molar-refractivity contribution < 1.29 is 19.1 Å². The van der Waals surface area contributed by atoms with Gasteiger partial charge in [0.05, 0.1) is 6.21 Å². The largest absolute Gasteiger partial charge is 0.484 e. The third-order valence-electron chi connectivity index (χ3n) is 3.98. The molecule has 8 nitrogen and oxygen atoms in total. The van der Waals surface area contributed by atoms with Crippen molar-refractivity contribution in [1.29, 1.82) is 0 Å². The lowest BCUT2D eigenvalue weighted by atomic mass is 10.2. The summed E-state index contributed by atoms with van der Waals surface area (Å²) in [6.07, 6.45) is 1.37. The molecule has 162 valence electrons. The molecular formula is C23H19ClN4O4. The first-order valence-electron chi connectivity index (χ1n) is 9.47. The van der Waals surface area contributed by atoms with E-state index in [1.54, 1.807) is 54.6 Å². The van der Waals surface area contributed by atoms with E-state index in [4.69, 9.17) is 16.3 Å². The second kappa shape index (κ2) is 11.3. The van der Waals surface area contributed by atoms with Gasteiger partial charge in [0.15, 0.2) is 6.61 Å². The lowest BCUT2D eigenvalue weighted by molar-refractivity contribution is -0.136. The normalized spacial score (nSPS) is 10.4. The Kier molecular flexibility index (Phi) is 7.94. The quantitative estimate of drug-likeness (QED) is 0.291. The Morgan fingerprint density at radius 1 is 0.844 bits per heavy atom. The molecule has 9 heteroatoms. The van der Waals surface area contributed by atoms with Gasteiger partial charge in [-0.1, -0.05) is 35.9 Å². The molecule has 0 spiro atoms. The van der Waals surface area contributed by atoms with Gasteiger partial charge < -0.3 is 15.4 Å². The van der Waals surface area contributed by atoms with Crippen LogP contribution in [0.2, 0.25) is 5.02 Å². The molecule has 0 aliphatic rings. The molecule has 0 bridgehead atoms. The number of carbonyl (C=O) groups is 3. The molecule has 3 rings (SSSR count). The molecule has 0 saturated heterocycles. The molecule has 3 aromatic carbocycles. The monoisotopic (exact) mass is 450 g/mol. The number of ether oxygens (including phenoxy) is 1. The number of para-hydroxylation sites is 1. The summed E-state index contributed by atoms with van der Waals surface area (Å²) in [5.41, 5.74) is 3.89. The van der Waals surface area contributed by atoms with Gasteiger partial charge in [0.1, 0.15) is 5.75 Å². The molecule has 32 heavy (non-hydrogen) atoms. The summed E-state index contributed by atoms with van der Waals surface area (Å²) in [5, 5.41) is 9.33. The van der Waals surface area contributed by atoms with Gasteiger partial charge in [-0.15, -0.1) is 0 Å². The maximum atomic E-state index is 11.9. The number of nitrogens with one attached hydrogen (secondary N) is 3. The van der Waals surface area contributed by atoms with Gasteiger partial charge in [0.25, 0.3) is 5.91 Å². The summed E-state index contributed by atoms with van der Waals surface area (Å²) < 4.78 is 5.45. The lowest BCUT2D eigenvalue weighted by Crippen LogP contribution is -2.32. The molecule has 3 N–H and O–H groups in total.